The van der Waals surface area contributed by atoms with Gasteiger partial charge < -0.3 is 4.74 Å². The topological polar surface area (TPSA) is 39.2 Å². The zero-order valence-electron chi connectivity index (χ0n) is 6.17. The zero-order valence-corrected chi connectivity index (χ0v) is 7.69. The summed E-state index contributed by atoms with van der Waals surface area (Å²) < 4.78 is 4.66. The van der Waals surface area contributed by atoms with E-state index in [9.17, 15) is 4.79 Å². The maximum atomic E-state index is 10.5. The van der Waals surface area contributed by atoms with Crippen LogP contribution in [0.5, 0.6) is 5.88 Å². The first kappa shape index (κ1) is 9.29. The van der Waals surface area contributed by atoms with Gasteiger partial charge in [0.25, 0.3) is 0 Å². The minimum absolute atomic E-state index is 0.121. The number of ether oxygens (including phenoxy) is 1. The number of nitrogens with zero attached hydrogens (tertiary/aromatic N) is 1. The zero-order chi connectivity index (χ0) is 9.14. The number of aromatic nitrogens is 1. The molecule has 3 nitrogen and oxygen atoms in total. The van der Waals surface area contributed by atoms with E-state index < -0.39 is 5.97 Å². The van der Waals surface area contributed by atoms with Crippen LogP contribution in [0.1, 0.15) is 6.92 Å². The standard InChI is InChI=1S/C7H5Cl2NO2/c1-4(11)12-6-3-2-5(8)7(9)10-6/h2-3H,1H3. The Balaban J connectivity index is 2.89. The summed E-state index contributed by atoms with van der Waals surface area (Å²) >= 11 is 11.1. The van der Waals surface area contributed by atoms with E-state index in [1.807, 2.05) is 0 Å². The molecule has 0 saturated heterocycles. The second kappa shape index (κ2) is 3.74. The summed E-state index contributed by atoms with van der Waals surface area (Å²) in [5.74, 6) is -0.294. The third-order valence-corrected chi connectivity index (χ3v) is 1.72. The van der Waals surface area contributed by atoms with Crippen LogP contribution in [0.3, 0.4) is 0 Å². The molecule has 12 heavy (non-hydrogen) atoms. The molecule has 0 aliphatic rings. The lowest BCUT2D eigenvalue weighted by molar-refractivity contribution is -0.132. The van der Waals surface area contributed by atoms with Gasteiger partial charge >= 0.3 is 5.97 Å². The van der Waals surface area contributed by atoms with Crippen molar-refractivity contribution in [3.63, 3.8) is 0 Å². The predicted octanol–water partition coefficient (Wildman–Crippen LogP) is 2.31. The van der Waals surface area contributed by atoms with Crippen molar-refractivity contribution in [3.8, 4) is 5.88 Å². The molecule has 1 aromatic rings. The summed E-state index contributed by atoms with van der Waals surface area (Å²) in [4.78, 5) is 14.2. The van der Waals surface area contributed by atoms with Crippen LogP contribution in [0, 0.1) is 0 Å². The number of halogens is 2. The van der Waals surface area contributed by atoms with Crippen molar-refractivity contribution in [2.24, 2.45) is 0 Å². The first-order chi connectivity index (χ1) is 5.59. The monoisotopic (exact) mass is 205 g/mol. The Labute approximate surface area is 79.3 Å². The minimum Gasteiger partial charge on any atom is -0.408 e. The van der Waals surface area contributed by atoms with Gasteiger partial charge in [0.1, 0.15) is 0 Å². The molecule has 0 spiro atoms. The maximum absolute atomic E-state index is 10.5. The van der Waals surface area contributed by atoms with Gasteiger partial charge in [0.2, 0.25) is 5.88 Å². The molecule has 0 aromatic carbocycles. The Bertz CT molecular complexity index is 314. The Hall–Kier alpha value is -0.800. The highest BCUT2D eigenvalue weighted by Gasteiger charge is 2.03. The lowest BCUT2D eigenvalue weighted by Crippen LogP contribution is -2.02. The number of carbonyl (C=O) groups excluding carboxylic acids is 1. The molecule has 0 saturated carbocycles. The van der Waals surface area contributed by atoms with Gasteiger partial charge in [-0.3, -0.25) is 4.79 Å². The average molecular weight is 206 g/mol. The van der Waals surface area contributed by atoms with E-state index in [1.165, 1.54) is 19.1 Å². The third kappa shape index (κ3) is 2.36. The van der Waals surface area contributed by atoms with Crippen LogP contribution in [0.2, 0.25) is 10.2 Å². The number of rotatable bonds is 1. The van der Waals surface area contributed by atoms with Gasteiger partial charge in [-0.15, -0.1) is 0 Å². The van der Waals surface area contributed by atoms with Crippen molar-refractivity contribution in [1.29, 1.82) is 0 Å². The van der Waals surface area contributed by atoms with Crippen LogP contribution in [-0.2, 0) is 4.79 Å². The molecule has 0 radical (unpaired) electrons. The summed E-state index contributed by atoms with van der Waals surface area (Å²) in [7, 11) is 0. The summed E-state index contributed by atoms with van der Waals surface area (Å²) in [6.45, 7) is 1.28. The quantitative estimate of drug-likeness (QED) is 0.522. The summed E-state index contributed by atoms with van der Waals surface area (Å²) in [6.07, 6.45) is 0. The maximum Gasteiger partial charge on any atom is 0.309 e. The van der Waals surface area contributed by atoms with Crippen LogP contribution >= 0.6 is 23.2 Å². The fraction of sp³-hybridized carbons (Fsp3) is 0.143. The van der Waals surface area contributed by atoms with Gasteiger partial charge in [-0.25, -0.2) is 0 Å². The number of pyridine rings is 1. The molecule has 1 rings (SSSR count). The largest absolute Gasteiger partial charge is 0.408 e. The SMILES string of the molecule is CC(=O)Oc1ccc(Cl)c(Cl)n1. The van der Waals surface area contributed by atoms with Crippen LogP contribution in [0.4, 0.5) is 0 Å². The van der Waals surface area contributed by atoms with Crippen molar-refractivity contribution in [2.75, 3.05) is 0 Å². The van der Waals surface area contributed by atoms with Gasteiger partial charge in [0, 0.05) is 13.0 Å². The lowest BCUT2D eigenvalue weighted by atomic mass is 10.5. The number of carbonyl (C=O) groups is 1. The lowest BCUT2D eigenvalue weighted by Gasteiger charge is -2.00. The normalized spacial score (nSPS) is 9.58. The number of hydrogen-bond donors (Lipinski definition) is 0. The van der Waals surface area contributed by atoms with Crippen LogP contribution < -0.4 is 4.74 Å². The molecular formula is C7H5Cl2NO2. The van der Waals surface area contributed by atoms with Crippen molar-refractivity contribution in [2.45, 2.75) is 6.92 Å². The number of esters is 1. The second-order valence-corrected chi connectivity index (χ2v) is 2.78. The van der Waals surface area contributed by atoms with Gasteiger partial charge in [0.05, 0.1) is 5.02 Å². The minimum atomic E-state index is -0.444. The molecule has 0 N–H and O–H groups in total. The van der Waals surface area contributed by atoms with E-state index in [0.717, 1.165) is 0 Å². The smallest absolute Gasteiger partial charge is 0.309 e. The summed E-state index contributed by atoms with van der Waals surface area (Å²) in [6, 6.07) is 2.98. The molecule has 0 amide bonds. The molecular weight excluding hydrogens is 201 g/mol. The van der Waals surface area contributed by atoms with Gasteiger partial charge in [-0.1, -0.05) is 23.2 Å². The fourth-order valence-corrected chi connectivity index (χ4v) is 0.856. The van der Waals surface area contributed by atoms with Crippen molar-refractivity contribution < 1.29 is 9.53 Å². The van der Waals surface area contributed by atoms with Gasteiger partial charge in [0.15, 0.2) is 5.15 Å². The van der Waals surface area contributed by atoms with E-state index in [1.54, 1.807) is 0 Å². The average Bonchev–Trinajstić information content (AvgIpc) is 1.96. The molecule has 0 aliphatic carbocycles. The summed E-state index contributed by atoms with van der Waals surface area (Å²) in [5, 5.41) is 0.447. The molecule has 1 aromatic heterocycles. The highest BCUT2D eigenvalue weighted by atomic mass is 35.5. The molecule has 0 aliphatic heterocycles. The predicted molar refractivity (Wildman–Crippen MR) is 45.6 cm³/mol. The molecule has 64 valence electrons. The fourth-order valence-electron chi connectivity index (χ4n) is 0.605. The second-order valence-electron chi connectivity index (χ2n) is 2.02. The van der Waals surface area contributed by atoms with Gasteiger partial charge in [-0.05, 0) is 6.07 Å². The van der Waals surface area contributed by atoms with E-state index in [0.29, 0.717) is 5.02 Å². The highest BCUT2D eigenvalue weighted by Crippen LogP contribution is 2.21. The Morgan fingerprint density at radius 2 is 2.17 bits per heavy atom. The molecule has 0 fully saturated rings. The van der Waals surface area contributed by atoms with Gasteiger partial charge in [-0.2, -0.15) is 4.98 Å². The van der Waals surface area contributed by atoms with Crippen LogP contribution in [0.15, 0.2) is 12.1 Å². The van der Waals surface area contributed by atoms with E-state index in [2.05, 4.69) is 9.72 Å². The number of hydrogen-bond acceptors (Lipinski definition) is 3. The Kier molecular flexibility index (Phi) is 2.89. The first-order valence-electron chi connectivity index (χ1n) is 3.10. The molecule has 5 heteroatoms. The van der Waals surface area contributed by atoms with Crippen molar-refractivity contribution in [3.05, 3.63) is 22.3 Å². The van der Waals surface area contributed by atoms with Crippen molar-refractivity contribution >= 4 is 29.2 Å². The van der Waals surface area contributed by atoms with Crippen LogP contribution in [0.25, 0.3) is 0 Å². The third-order valence-electron chi connectivity index (χ3n) is 1.03. The molecule has 0 atom stereocenters. The van der Waals surface area contributed by atoms with E-state index in [4.69, 9.17) is 23.2 Å². The van der Waals surface area contributed by atoms with Crippen molar-refractivity contribution in [1.82, 2.24) is 4.98 Å². The Morgan fingerprint density at radius 1 is 1.50 bits per heavy atom. The molecule has 1 heterocycles. The van der Waals surface area contributed by atoms with E-state index in [-0.39, 0.29) is 11.0 Å². The molecule has 0 bridgehead atoms. The Morgan fingerprint density at radius 3 is 2.67 bits per heavy atom. The molecule has 0 unspecified atom stereocenters. The van der Waals surface area contributed by atoms with Crippen LogP contribution in [-0.4, -0.2) is 11.0 Å². The summed E-state index contributed by atoms with van der Waals surface area (Å²) in [5.41, 5.74) is 0. The first-order valence-corrected chi connectivity index (χ1v) is 3.85. The highest BCUT2D eigenvalue weighted by molar-refractivity contribution is 6.41. The van der Waals surface area contributed by atoms with E-state index >= 15 is 0 Å².